The molecule has 3 rings (SSSR count). The van der Waals surface area contributed by atoms with Crippen molar-refractivity contribution < 1.29 is 8.42 Å². The van der Waals surface area contributed by atoms with Crippen LogP contribution in [0.25, 0.3) is 5.69 Å². The van der Waals surface area contributed by atoms with Crippen molar-refractivity contribution in [2.45, 2.75) is 52.6 Å². The number of hydrogen-bond acceptors (Lipinski definition) is 4. The van der Waals surface area contributed by atoms with E-state index in [0.717, 1.165) is 29.2 Å². The van der Waals surface area contributed by atoms with Gasteiger partial charge >= 0.3 is 0 Å². The summed E-state index contributed by atoms with van der Waals surface area (Å²) in [5.74, 6) is 0. The van der Waals surface area contributed by atoms with E-state index in [1.54, 1.807) is 25.6 Å². The SMILES string of the molecule is CCn1nc(C)c(CN(C)S(=O)(=O)c2c(C)nn(-c3ccccc3)c2C)c1C. The Kier molecular flexibility index (Phi) is 5.45. The van der Waals surface area contributed by atoms with Gasteiger partial charge in [-0.3, -0.25) is 4.68 Å². The molecule has 2 heterocycles. The van der Waals surface area contributed by atoms with E-state index < -0.39 is 10.0 Å². The quantitative estimate of drug-likeness (QED) is 0.636. The largest absolute Gasteiger partial charge is 0.270 e. The van der Waals surface area contributed by atoms with Crippen molar-refractivity contribution in [2.24, 2.45) is 0 Å². The molecule has 0 aliphatic carbocycles. The monoisotopic (exact) mass is 401 g/mol. The van der Waals surface area contributed by atoms with Crippen molar-refractivity contribution in [1.29, 1.82) is 0 Å². The highest BCUT2D eigenvalue weighted by Crippen LogP contribution is 2.27. The number of rotatable bonds is 6. The van der Waals surface area contributed by atoms with Gasteiger partial charge in [0, 0.05) is 31.4 Å². The van der Waals surface area contributed by atoms with E-state index in [0.29, 0.717) is 11.4 Å². The summed E-state index contributed by atoms with van der Waals surface area (Å²) in [4.78, 5) is 0.261. The van der Waals surface area contributed by atoms with Crippen molar-refractivity contribution in [3.8, 4) is 5.69 Å². The molecule has 0 saturated carbocycles. The lowest BCUT2D eigenvalue weighted by Gasteiger charge is -2.18. The smallest absolute Gasteiger partial charge is 0.246 e. The number of benzene rings is 1. The predicted molar refractivity (Wildman–Crippen MR) is 109 cm³/mol. The highest BCUT2D eigenvalue weighted by Gasteiger charge is 2.30. The molecule has 8 heteroatoms. The van der Waals surface area contributed by atoms with Gasteiger partial charge in [-0.1, -0.05) is 18.2 Å². The summed E-state index contributed by atoms with van der Waals surface area (Å²) in [6.45, 7) is 10.5. The van der Waals surface area contributed by atoms with E-state index in [9.17, 15) is 8.42 Å². The molecule has 0 amide bonds. The minimum atomic E-state index is -3.70. The molecule has 0 fully saturated rings. The van der Waals surface area contributed by atoms with E-state index >= 15 is 0 Å². The normalized spacial score (nSPS) is 12.1. The zero-order valence-corrected chi connectivity index (χ0v) is 18.1. The van der Waals surface area contributed by atoms with Gasteiger partial charge in [-0.05, 0) is 46.8 Å². The molecule has 3 aromatic rings. The lowest BCUT2D eigenvalue weighted by atomic mass is 10.2. The average Bonchev–Trinajstić information content (AvgIpc) is 3.12. The van der Waals surface area contributed by atoms with Crippen molar-refractivity contribution in [2.75, 3.05) is 7.05 Å². The van der Waals surface area contributed by atoms with Crippen LogP contribution in [0.1, 0.15) is 35.3 Å². The van der Waals surface area contributed by atoms with E-state index in [1.807, 2.05) is 55.8 Å². The maximum absolute atomic E-state index is 13.4. The molecule has 7 nitrogen and oxygen atoms in total. The van der Waals surface area contributed by atoms with Crippen LogP contribution in [0, 0.1) is 27.7 Å². The summed E-state index contributed by atoms with van der Waals surface area (Å²) in [5, 5.41) is 8.98. The topological polar surface area (TPSA) is 73.0 Å². The van der Waals surface area contributed by atoms with Crippen LogP contribution in [0.5, 0.6) is 0 Å². The third-order valence-electron chi connectivity index (χ3n) is 5.11. The highest BCUT2D eigenvalue weighted by molar-refractivity contribution is 7.89. The first-order valence-corrected chi connectivity index (χ1v) is 10.7. The maximum Gasteiger partial charge on any atom is 0.246 e. The molecule has 0 saturated heterocycles. The molecule has 0 aliphatic rings. The number of nitrogens with zero attached hydrogens (tertiary/aromatic N) is 5. The molecule has 0 radical (unpaired) electrons. The Hall–Kier alpha value is -2.45. The van der Waals surface area contributed by atoms with Crippen molar-refractivity contribution in [3.05, 3.63) is 58.7 Å². The first kappa shape index (κ1) is 20.3. The Morgan fingerprint density at radius 2 is 1.61 bits per heavy atom. The van der Waals surface area contributed by atoms with Gasteiger partial charge in [0.05, 0.1) is 22.8 Å². The van der Waals surface area contributed by atoms with Crippen LogP contribution in [-0.4, -0.2) is 39.3 Å². The molecule has 0 N–H and O–H groups in total. The molecule has 0 spiro atoms. The van der Waals surface area contributed by atoms with E-state index in [4.69, 9.17) is 0 Å². The van der Waals surface area contributed by atoms with Crippen molar-refractivity contribution in [1.82, 2.24) is 23.9 Å². The fraction of sp³-hybridized carbons (Fsp3) is 0.400. The van der Waals surface area contributed by atoms with Gasteiger partial charge in [0.25, 0.3) is 0 Å². The van der Waals surface area contributed by atoms with E-state index in [-0.39, 0.29) is 11.4 Å². The van der Waals surface area contributed by atoms with Crippen LogP contribution in [0.15, 0.2) is 35.2 Å². The van der Waals surface area contributed by atoms with E-state index in [2.05, 4.69) is 10.2 Å². The van der Waals surface area contributed by atoms with Gasteiger partial charge in [-0.15, -0.1) is 0 Å². The molecule has 0 bridgehead atoms. The van der Waals surface area contributed by atoms with Gasteiger partial charge in [0.1, 0.15) is 4.90 Å². The van der Waals surface area contributed by atoms with Gasteiger partial charge < -0.3 is 0 Å². The van der Waals surface area contributed by atoms with Crippen molar-refractivity contribution in [3.63, 3.8) is 0 Å². The Labute approximate surface area is 166 Å². The summed E-state index contributed by atoms with van der Waals surface area (Å²) in [7, 11) is -2.10. The third kappa shape index (κ3) is 3.38. The predicted octanol–water partition coefficient (Wildman–Crippen LogP) is 3.14. The van der Waals surface area contributed by atoms with Crippen LogP contribution in [-0.2, 0) is 23.1 Å². The van der Waals surface area contributed by atoms with Crippen LogP contribution >= 0.6 is 0 Å². The molecular formula is C20H27N5O2S. The molecule has 0 unspecified atom stereocenters. The molecule has 2 aromatic heterocycles. The van der Waals surface area contributed by atoms with E-state index in [1.165, 1.54) is 4.31 Å². The van der Waals surface area contributed by atoms with Gasteiger partial charge in [0.15, 0.2) is 0 Å². The number of para-hydroxylation sites is 1. The second kappa shape index (κ2) is 7.52. The Balaban J connectivity index is 2.00. The lowest BCUT2D eigenvalue weighted by molar-refractivity contribution is 0.464. The number of aromatic nitrogens is 4. The number of hydrogen-bond donors (Lipinski definition) is 0. The standard InChI is InChI=1S/C20H27N5O2S/c1-7-24-16(4)19(14(2)21-24)13-23(6)28(26,27)20-15(3)22-25(17(20)5)18-11-9-8-10-12-18/h8-12H,7,13H2,1-6H3. The molecule has 150 valence electrons. The Morgan fingerprint density at radius 1 is 0.964 bits per heavy atom. The summed E-state index contributed by atoms with van der Waals surface area (Å²) in [5.41, 5.74) is 4.73. The third-order valence-corrected chi connectivity index (χ3v) is 7.16. The molecule has 0 aliphatic heterocycles. The van der Waals surface area contributed by atoms with Crippen molar-refractivity contribution >= 4 is 10.0 Å². The molecule has 0 atom stereocenters. The molecule has 1 aromatic carbocycles. The number of aryl methyl sites for hydroxylation is 3. The maximum atomic E-state index is 13.4. The fourth-order valence-electron chi connectivity index (χ4n) is 3.56. The zero-order valence-electron chi connectivity index (χ0n) is 17.3. The van der Waals surface area contributed by atoms with Crippen LogP contribution in [0.2, 0.25) is 0 Å². The Bertz CT molecular complexity index is 1100. The minimum absolute atomic E-state index is 0.261. The molecular weight excluding hydrogens is 374 g/mol. The first-order chi connectivity index (χ1) is 13.2. The summed E-state index contributed by atoms with van der Waals surface area (Å²) in [6, 6.07) is 9.55. The second-order valence-electron chi connectivity index (χ2n) is 6.97. The molecule has 28 heavy (non-hydrogen) atoms. The lowest BCUT2D eigenvalue weighted by Crippen LogP contribution is -2.28. The van der Waals surface area contributed by atoms with Crippen LogP contribution in [0.4, 0.5) is 0 Å². The second-order valence-corrected chi connectivity index (χ2v) is 8.96. The van der Waals surface area contributed by atoms with Gasteiger partial charge in [-0.25, -0.2) is 13.1 Å². The summed E-state index contributed by atoms with van der Waals surface area (Å²) in [6.07, 6.45) is 0. The van der Waals surface area contributed by atoms with Crippen LogP contribution in [0.3, 0.4) is 0 Å². The summed E-state index contributed by atoms with van der Waals surface area (Å²) < 4.78 is 31.7. The minimum Gasteiger partial charge on any atom is -0.270 e. The zero-order chi connectivity index (χ0) is 20.6. The van der Waals surface area contributed by atoms with Gasteiger partial charge in [-0.2, -0.15) is 14.5 Å². The highest BCUT2D eigenvalue weighted by atomic mass is 32.2. The Morgan fingerprint density at radius 3 is 2.18 bits per heavy atom. The summed E-state index contributed by atoms with van der Waals surface area (Å²) >= 11 is 0. The average molecular weight is 402 g/mol. The fourth-order valence-corrected chi connectivity index (χ4v) is 5.04. The van der Waals surface area contributed by atoms with Gasteiger partial charge in [0.2, 0.25) is 10.0 Å². The number of sulfonamides is 1. The van der Waals surface area contributed by atoms with Crippen LogP contribution < -0.4 is 0 Å². The first-order valence-electron chi connectivity index (χ1n) is 9.29.